The second kappa shape index (κ2) is 7.54. The maximum absolute atomic E-state index is 6.09. The fourth-order valence-electron chi connectivity index (χ4n) is 1.51. The monoisotopic (exact) mass is 257 g/mol. The van der Waals surface area contributed by atoms with Gasteiger partial charge < -0.3 is 14.8 Å². The van der Waals surface area contributed by atoms with Gasteiger partial charge in [-0.3, -0.25) is 0 Å². The van der Waals surface area contributed by atoms with Crippen molar-refractivity contribution < 1.29 is 9.47 Å². The van der Waals surface area contributed by atoms with Crippen molar-refractivity contribution in [2.75, 3.05) is 25.1 Å². The minimum absolute atomic E-state index is 0.235. The van der Waals surface area contributed by atoms with Gasteiger partial charge in [-0.1, -0.05) is 17.7 Å². The van der Waals surface area contributed by atoms with E-state index in [1.54, 1.807) is 0 Å². The van der Waals surface area contributed by atoms with E-state index in [9.17, 15) is 0 Å². The molecule has 0 aliphatic rings. The Morgan fingerprint density at radius 2 is 1.88 bits per heavy atom. The Kier molecular flexibility index (Phi) is 6.34. The van der Waals surface area contributed by atoms with Crippen LogP contribution in [0.1, 0.15) is 19.4 Å². The van der Waals surface area contributed by atoms with Crippen molar-refractivity contribution in [2.45, 2.75) is 27.1 Å². The number of halogens is 1. The summed E-state index contributed by atoms with van der Waals surface area (Å²) in [5, 5.41) is 3.95. The first-order chi connectivity index (χ1) is 8.17. The summed E-state index contributed by atoms with van der Waals surface area (Å²) in [7, 11) is 0. The summed E-state index contributed by atoms with van der Waals surface area (Å²) in [6.07, 6.45) is -0.235. The molecule has 0 spiro atoms. The van der Waals surface area contributed by atoms with Gasteiger partial charge >= 0.3 is 0 Å². The second-order valence-electron chi connectivity index (χ2n) is 3.70. The van der Waals surface area contributed by atoms with Gasteiger partial charge in [-0.05, 0) is 38.5 Å². The Hall–Kier alpha value is -0.770. The molecule has 96 valence electrons. The molecule has 0 fully saturated rings. The quantitative estimate of drug-likeness (QED) is 0.759. The lowest BCUT2D eigenvalue weighted by atomic mass is 10.2. The van der Waals surface area contributed by atoms with Crippen molar-refractivity contribution in [1.29, 1.82) is 0 Å². The van der Waals surface area contributed by atoms with Crippen LogP contribution in [0, 0.1) is 6.92 Å². The van der Waals surface area contributed by atoms with Gasteiger partial charge in [0.2, 0.25) is 0 Å². The summed E-state index contributed by atoms with van der Waals surface area (Å²) in [6, 6.07) is 5.88. The predicted molar refractivity (Wildman–Crippen MR) is 71.7 cm³/mol. The molecule has 0 aliphatic heterocycles. The number of rotatable bonds is 7. The third-order valence-electron chi connectivity index (χ3n) is 2.29. The van der Waals surface area contributed by atoms with Gasteiger partial charge in [-0.25, -0.2) is 0 Å². The molecular formula is C13H20ClNO2. The molecule has 0 aliphatic carbocycles. The van der Waals surface area contributed by atoms with Crippen LogP contribution >= 0.6 is 11.6 Å². The van der Waals surface area contributed by atoms with Crippen LogP contribution < -0.4 is 5.32 Å². The van der Waals surface area contributed by atoms with Gasteiger partial charge in [0.05, 0.1) is 17.3 Å². The summed E-state index contributed by atoms with van der Waals surface area (Å²) in [4.78, 5) is 0. The molecule has 0 heterocycles. The molecule has 0 saturated heterocycles. The highest BCUT2D eigenvalue weighted by Crippen LogP contribution is 2.22. The van der Waals surface area contributed by atoms with Crippen molar-refractivity contribution >= 4 is 17.3 Å². The number of hydrogen-bond donors (Lipinski definition) is 1. The molecule has 17 heavy (non-hydrogen) atoms. The van der Waals surface area contributed by atoms with Crippen LogP contribution in [0.15, 0.2) is 18.2 Å². The highest BCUT2D eigenvalue weighted by Gasteiger charge is 2.08. The lowest BCUT2D eigenvalue weighted by molar-refractivity contribution is -0.126. The lowest BCUT2D eigenvalue weighted by Gasteiger charge is -2.18. The van der Waals surface area contributed by atoms with Crippen molar-refractivity contribution in [3.63, 3.8) is 0 Å². The first-order valence-corrected chi connectivity index (χ1v) is 6.28. The zero-order valence-corrected chi connectivity index (χ0v) is 11.4. The summed E-state index contributed by atoms with van der Waals surface area (Å²) in [6.45, 7) is 7.79. The third-order valence-corrected chi connectivity index (χ3v) is 2.62. The van der Waals surface area contributed by atoms with E-state index in [4.69, 9.17) is 21.1 Å². The van der Waals surface area contributed by atoms with Gasteiger partial charge in [0.25, 0.3) is 0 Å². The van der Waals surface area contributed by atoms with E-state index in [2.05, 4.69) is 5.32 Å². The second-order valence-corrected chi connectivity index (χ2v) is 4.11. The van der Waals surface area contributed by atoms with Crippen LogP contribution in [0.3, 0.4) is 0 Å². The highest BCUT2D eigenvalue weighted by atomic mass is 35.5. The molecule has 0 aromatic heterocycles. The van der Waals surface area contributed by atoms with Crippen LogP contribution in [0.25, 0.3) is 0 Å². The zero-order valence-electron chi connectivity index (χ0n) is 10.6. The fraction of sp³-hybridized carbons (Fsp3) is 0.538. The normalized spacial score (nSPS) is 10.9. The van der Waals surface area contributed by atoms with Crippen molar-refractivity contribution in [2.24, 2.45) is 0 Å². The van der Waals surface area contributed by atoms with Crippen LogP contribution in [-0.4, -0.2) is 26.0 Å². The number of benzene rings is 1. The van der Waals surface area contributed by atoms with Crippen molar-refractivity contribution in [1.82, 2.24) is 0 Å². The van der Waals surface area contributed by atoms with E-state index in [1.807, 2.05) is 39.0 Å². The van der Waals surface area contributed by atoms with Crippen molar-refractivity contribution in [3.8, 4) is 0 Å². The summed E-state index contributed by atoms with van der Waals surface area (Å²) >= 11 is 6.09. The molecular weight excluding hydrogens is 238 g/mol. The number of ether oxygens (including phenoxy) is 2. The summed E-state index contributed by atoms with van der Waals surface area (Å²) in [5.74, 6) is 0. The Morgan fingerprint density at radius 3 is 2.47 bits per heavy atom. The van der Waals surface area contributed by atoms with E-state index in [1.165, 1.54) is 5.56 Å². The van der Waals surface area contributed by atoms with Gasteiger partial charge in [0.15, 0.2) is 6.29 Å². The number of hydrogen-bond acceptors (Lipinski definition) is 3. The van der Waals surface area contributed by atoms with Crippen LogP contribution in [0.2, 0.25) is 5.02 Å². The topological polar surface area (TPSA) is 30.5 Å². The zero-order chi connectivity index (χ0) is 12.7. The molecule has 1 aromatic rings. The Bertz CT molecular complexity index is 338. The molecule has 1 rings (SSSR count). The van der Waals surface area contributed by atoms with E-state index in [0.717, 1.165) is 5.69 Å². The maximum atomic E-state index is 6.09. The molecule has 3 nitrogen and oxygen atoms in total. The number of aryl methyl sites for hydroxylation is 1. The molecule has 0 saturated carbocycles. The van der Waals surface area contributed by atoms with Gasteiger partial charge in [-0.15, -0.1) is 0 Å². The summed E-state index contributed by atoms with van der Waals surface area (Å²) in [5.41, 5.74) is 2.08. The number of anilines is 1. The first-order valence-electron chi connectivity index (χ1n) is 5.90. The Morgan fingerprint density at radius 1 is 1.24 bits per heavy atom. The standard InChI is InChI=1S/C13H20ClNO2/c1-4-16-13(17-5-2)9-15-12-8-10(3)6-7-11(12)14/h6-8,13,15H,4-5,9H2,1-3H3. The highest BCUT2D eigenvalue weighted by molar-refractivity contribution is 6.33. The van der Waals surface area contributed by atoms with Crippen molar-refractivity contribution in [3.05, 3.63) is 28.8 Å². The minimum Gasteiger partial charge on any atom is -0.379 e. The predicted octanol–water partition coefficient (Wildman–Crippen LogP) is 3.46. The van der Waals surface area contributed by atoms with E-state index >= 15 is 0 Å². The van der Waals surface area contributed by atoms with E-state index < -0.39 is 0 Å². The molecule has 0 unspecified atom stereocenters. The molecule has 0 radical (unpaired) electrons. The van der Waals surface area contributed by atoms with Crippen LogP contribution in [0.4, 0.5) is 5.69 Å². The minimum atomic E-state index is -0.235. The molecule has 1 aromatic carbocycles. The van der Waals surface area contributed by atoms with E-state index in [0.29, 0.717) is 24.8 Å². The summed E-state index contributed by atoms with van der Waals surface area (Å²) < 4.78 is 10.9. The molecule has 0 bridgehead atoms. The molecule has 4 heteroatoms. The van der Waals surface area contributed by atoms with E-state index in [-0.39, 0.29) is 6.29 Å². The smallest absolute Gasteiger partial charge is 0.174 e. The molecule has 0 atom stereocenters. The van der Waals surface area contributed by atoms with Crippen LogP contribution in [0.5, 0.6) is 0 Å². The largest absolute Gasteiger partial charge is 0.379 e. The molecule has 1 N–H and O–H groups in total. The SMILES string of the molecule is CCOC(CNc1cc(C)ccc1Cl)OCC. The fourth-order valence-corrected chi connectivity index (χ4v) is 1.69. The van der Waals surface area contributed by atoms with Gasteiger partial charge in [0, 0.05) is 13.2 Å². The van der Waals surface area contributed by atoms with Crippen LogP contribution in [-0.2, 0) is 9.47 Å². The van der Waals surface area contributed by atoms with Gasteiger partial charge in [-0.2, -0.15) is 0 Å². The lowest BCUT2D eigenvalue weighted by Crippen LogP contribution is -2.26. The first kappa shape index (κ1) is 14.3. The Labute approximate surface area is 108 Å². The third kappa shape index (κ3) is 4.94. The maximum Gasteiger partial charge on any atom is 0.174 e. The Balaban J connectivity index is 2.55. The molecule has 0 amide bonds. The average molecular weight is 258 g/mol. The average Bonchev–Trinajstić information content (AvgIpc) is 2.30. The van der Waals surface area contributed by atoms with Gasteiger partial charge in [0.1, 0.15) is 0 Å². The number of nitrogens with one attached hydrogen (secondary N) is 1.